The molecule has 0 atom stereocenters. The van der Waals surface area contributed by atoms with E-state index in [4.69, 9.17) is 0 Å². The van der Waals surface area contributed by atoms with E-state index in [1.54, 1.807) is 0 Å². The predicted octanol–water partition coefficient (Wildman–Crippen LogP) is 14.9. The first-order valence-corrected chi connectivity index (χ1v) is 24.4. The zero-order valence-corrected chi connectivity index (χ0v) is 41.5. The zero-order valence-electron chi connectivity index (χ0n) is 40.7. The van der Waals surface area contributed by atoms with Crippen molar-refractivity contribution >= 4 is 78.0 Å². The normalized spacial score (nSPS) is 19.1. The standard InChI is InChI=1S/C58H69BN2S/c1-34-17-22-49-39(27-34)51-52(62-49)59-44-32-42-43(58(15,16)26-25-57(42,13)14)33-46(44)60(38-19-20-40-41(31-38)56(11,12)24-23-55(40,9)10)47-29-37(54(6,7)8)30-48(50(47)59)61(51)45-21-18-36(28-35(45)2)53(3,4)5/h17-22,27-33H,23-26H2,1-16H3. The smallest absolute Gasteiger partial charge is 0.264 e. The molecule has 0 unspecified atom stereocenters. The monoisotopic (exact) mass is 837 g/mol. The van der Waals surface area contributed by atoms with Gasteiger partial charge in [-0.3, -0.25) is 0 Å². The second-order valence-corrected chi connectivity index (χ2v) is 25.7. The summed E-state index contributed by atoms with van der Waals surface area (Å²) in [5.74, 6) is 0. The summed E-state index contributed by atoms with van der Waals surface area (Å²) in [5, 5.41) is 1.36. The summed E-state index contributed by atoms with van der Waals surface area (Å²) in [4.78, 5) is 5.43. The maximum Gasteiger partial charge on any atom is 0.264 e. The SMILES string of the molecule is Cc1ccc2sc3c(c2c1)N(c1ccc(C(C)(C)C)cc1C)c1cc(C(C)(C)C)cc2c1B3c1cc3c(cc1N2c1ccc2c(c1)C(C)(C)CCC2(C)C)C(C)(C)CCC3(C)C. The molecule has 6 aromatic rings. The first-order chi connectivity index (χ1) is 28.8. The fourth-order valence-electron chi connectivity index (χ4n) is 11.7. The number of fused-ring (bicyclic) bond motifs is 8. The van der Waals surface area contributed by atoms with Crippen molar-refractivity contribution in [1.29, 1.82) is 0 Å². The van der Waals surface area contributed by atoms with E-state index in [0.29, 0.717) is 0 Å². The number of hydrogen-bond donors (Lipinski definition) is 0. The number of hydrogen-bond acceptors (Lipinski definition) is 3. The topological polar surface area (TPSA) is 6.48 Å². The van der Waals surface area contributed by atoms with Gasteiger partial charge in [0.15, 0.2) is 0 Å². The van der Waals surface area contributed by atoms with Crippen molar-refractivity contribution < 1.29 is 0 Å². The van der Waals surface area contributed by atoms with Gasteiger partial charge in [0.05, 0.1) is 5.69 Å². The van der Waals surface area contributed by atoms with E-state index in [2.05, 4.69) is 199 Å². The minimum absolute atomic E-state index is 0.0588. The third-order valence-electron chi connectivity index (χ3n) is 16.1. The van der Waals surface area contributed by atoms with Crippen LogP contribution in [0.15, 0.2) is 78.9 Å². The Labute approximate surface area is 378 Å². The van der Waals surface area contributed by atoms with Gasteiger partial charge in [0.1, 0.15) is 0 Å². The highest BCUT2D eigenvalue weighted by molar-refractivity contribution is 7.33. The van der Waals surface area contributed by atoms with E-state index < -0.39 is 0 Å². The highest BCUT2D eigenvalue weighted by Gasteiger charge is 2.49. The van der Waals surface area contributed by atoms with Crippen molar-refractivity contribution in [2.24, 2.45) is 0 Å². The molecule has 0 spiro atoms. The van der Waals surface area contributed by atoms with Crippen LogP contribution < -0.4 is 25.5 Å². The lowest BCUT2D eigenvalue weighted by atomic mass is 9.35. The minimum Gasteiger partial charge on any atom is -0.311 e. The van der Waals surface area contributed by atoms with Crippen LogP contribution in [-0.2, 0) is 32.5 Å². The first-order valence-electron chi connectivity index (χ1n) is 23.6. The third-order valence-corrected chi connectivity index (χ3v) is 17.3. The van der Waals surface area contributed by atoms with E-state index in [0.717, 1.165) is 0 Å². The molecule has 0 saturated heterocycles. The minimum atomic E-state index is -0.0822. The number of rotatable bonds is 2. The lowest BCUT2D eigenvalue weighted by Gasteiger charge is -2.48. The van der Waals surface area contributed by atoms with Gasteiger partial charge in [0, 0.05) is 43.3 Å². The first kappa shape index (κ1) is 41.7. The summed E-state index contributed by atoms with van der Waals surface area (Å²) >= 11 is 2.02. The largest absolute Gasteiger partial charge is 0.311 e. The van der Waals surface area contributed by atoms with Crippen molar-refractivity contribution in [1.82, 2.24) is 0 Å². The Morgan fingerprint density at radius 1 is 0.516 bits per heavy atom. The van der Waals surface area contributed by atoms with Crippen molar-refractivity contribution in [2.45, 2.75) is 169 Å². The van der Waals surface area contributed by atoms with Crippen LogP contribution in [-0.4, -0.2) is 6.71 Å². The summed E-state index contributed by atoms with van der Waals surface area (Å²) in [6.07, 6.45) is 4.78. The molecule has 1 aromatic heterocycles. The molecular formula is C58H69BN2S. The molecule has 0 amide bonds. The van der Waals surface area contributed by atoms with Crippen LogP contribution in [0.3, 0.4) is 0 Å². The molecule has 0 bridgehead atoms. The Bertz CT molecular complexity index is 2870. The summed E-state index contributed by atoms with van der Waals surface area (Å²) in [6, 6.07) is 32.6. The van der Waals surface area contributed by atoms with Crippen LogP contribution >= 0.6 is 11.3 Å². The van der Waals surface area contributed by atoms with Crippen LogP contribution in [0.25, 0.3) is 10.1 Å². The van der Waals surface area contributed by atoms with Crippen LogP contribution in [0.4, 0.5) is 34.1 Å². The molecular weight excluding hydrogens is 768 g/mol. The lowest BCUT2D eigenvalue weighted by Crippen LogP contribution is -2.61. The van der Waals surface area contributed by atoms with Gasteiger partial charge in [-0.1, -0.05) is 133 Å². The Balaban J connectivity index is 1.37. The molecule has 0 radical (unpaired) electrons. The van der Waals surface area contributed by atoms with Gasteiger partial charge in [-0.2, -0.15) is 0 Å². The quantitative estimate of drug-likeness (QED) is 0.160. The fraction of sp³-hybridized carbons (Fsp3) is 0.448. The zero-order chi connectivity index (χ0) is 44.4. The van der Waals surface area contributed by atoms with Crippen LogP contribution in [0.5, 0.6) is 0 Å². The second-order valence-electron chi connectivity index (χ2n) is 24.6. The molecule has 0 N–H and O–H groups in total. The number of anilines is 6. The molecule has 4 aliphatic rings. The van der Waals surface area contributed by atoms with Crippen LogP contribution in [0.2, 0.25) is 0 Å². The van der Waals surface area contributed by atoms with E-state index in [9.17, 15) is 0 Å². The summed E-state index contributed by atoms with van der Waals surface area (Å²) in [6.45, 7) is 38.7. The average molecular weight is 837 g/mol. The van der Waals surface area contributed by atoms with Crippen molar-refractivity contribution in [2.75, 3.05) is 9.80 Å². The van der Waals surface area contributed by atoms with Gasteiger partial charge in [-0.25, -0.2) is 0 Å². The van der Waals surface area contributed by atoms with Gasteiger partial charge in [-0.15, -0.1) is 11.3 Å². The molecule has 3 heterocycles. The van der Waals surface area contributed by atoms with E-state index in [1.807, 2.05) is 11.3 Å². The lowest BCUT2D eigenvalue weighted by molar-refractivity contribution is 0.332. The molecule has 0 saturated carbocycles. The van der Waals surface area contributed by atoms with E-state index in [1.165, 1.54) is 130 Å². The van der Waals surface area contributed by atoms with Gasteiger partial charge in [-0.05, 0) is 170 Å². The molecule has 2 aliphatic carbocycles. The Morgan fingerprint density at radius 2 is 1.08 bits per heavy atom. The molecule has 10 rings (SSSR count). The molecule has 5 aromatic carbocycles. The maximum atomic E-state index is 2.73. The van der Waals surface area contributed by atoms with E-state index >= 15 is 0 Å². The average Bonchev–Trinajstić information content (AvgIpc) is 3.55. The van der Waals surface area contributed by atoms with Crippen LogP contribution in [0.1, 0.15) is 167 Å². The second kappa shape index (κ2) is 13.2. The van der Waals surface area contributed by atoms with Crippen molar-refractivity contribution in [3.8, 4) is 0 Å². The maximum absolute atomic E-state index is 2.73. The van der Waals surface area contributed by atoms with E-state index in [-0.39, 0.29) is 39.2 Å². The summed E-state index contributed by atoms with van der Waals surface area (Å²) < 4.78 is 2.83. The highest BCUT2D eigenvalue weighted by atomic mass is 32.1. The Hall–Kier alpha value is -4.28. The molecule has 4 heteroatoms. The van der Waals surface area contributed by atoms with Crippen molar-refractivity contribution in [3.05, 3.63) is 123 Å². The molecule has 2 nitrogen and oxygen atoms in total. The van der Waals surface area contributed by atoms with Crippen LogP contribution in [0, 0.1) is 13.8 Å². The molecule has 0 fully saturated rings. The Kier molecular flexibility index (Phi) is 8.85. The number of aryl methyl sites for hydroxylation is 2. The highest BCUT2D eigenvalue weighted by Crippen LogP contribution is 2.54. The van der Waals surface area contributed by atoms with Crippen molar-refractivity contribution in [3.63, 3.8) is 0 Å². The number of nitrogens with zero attached hydrogens (tertiary/aromatic N) is 2. The van der Waals surface area contributed by atoms with Gasteiger partial charge < -0.3 is 9.80 Å². The third kappa shape index (κ3) is 6.15. The summed E-state index contributed by atoms with van der Waals surface area (Å²) in [7, 11) is 0. The van der Waals surface area contributed by atoms with Gasteiger partial charge in [0.25, 0.3) is 6.71 Å². The summed E-state index contributed by atoms with van der Waals surface area (Å²) in [5.41, 5.74) is 22.6. The van der Waals surface area contributed by atoms with Gasteiger partial charge >= 0.3 is 0 Å². The number of benzene rings is 5. The molecule has 2 aliphatic heterocycles. The van der Waals surface area contributed by atoms with Gasteiger partial charge in [0.2, 0.25) is 0 Å². The molecule has 62 heavy (non-hydrogen) atoms. The fourth-order valence-corrected chi connectivity index (χ4v) is 13.0. The number of thiophene rings is 1. The Morgan fingerprint density at radius 3 is 1.68 bits per heavy atom. The molecule has 320 valence electrons. The predicted molar refractivity (Wildman–Crippen MR) is 273 cm³/mol.